The van der Waals surface area contributed by atoms with Gasteiger partial charge in [-0.25, -0.2) is 0 Å². The Morgan fingerprint density at radius 2 is 2.17 bits per heavy atom. The summed E-state index contributed by atoms with van der Waals surface area (Å²) in [6.45, 7) is 0.742. The minimum atomic E-state index is 0.0113. The number of hydrogen-bond acceptors (Lipinski definition) is 2. The monoisotopic (exact) mass is 180 g/mol. The van der Waals surface area contributed by atoms with Crippen molar-refractivity contribution < 1.29 is 0 Å². The van der Waals surface area contributed by atoms with Gasteiger partial charge in [0, 0.05) is 23.5 Å². The third-order valence-electron chi connectivity index (χ3n) is 1.59. The van der Waals surface area contributed by atoms with Crippen LogP contribution in [-0.2, 0) is 6.54 Å². The zero-order valence-electron chi connectivity index (χ0n) is 6.36. The summed E-state index contributed by atoms with van der Waals surface area (Å²) in [5, 5.41) is 1.85. The molecule has 0 bridgehead atoms. The number of nitrogens with zero attached hydrogens (tertiary/aromatic N) is 1. The van der Waals surface area contributed by atoms with Crippen LogP contribution in [0.1, 0.15) is 5.69 Å². The highest BCUT2D eigenvalue weighted by Crippen LogP contribution is 1.99. The van der Waals surface area contributed by atoms with Crippen LogP contribution in [0.25, 0.3) is 0 Å². The molecule has 0 spiro atoms. The largest absolute Gasteiger partial charge is 0.348 e. The molecule has 62 valence electrons. The van der Waals surface area contributed by atoms with Crippen LogP contribution in [0, 0.1) is 0 Å². The molecular weight excluding hydrogens is 172 g/mol. The average molecular weight is 180 g/mol. The predicted octanol–water partition coefficient (Wildman–Crippen LogP) is 1.29. The minimum Gasteiger partial charge on any atom is -0.348 e. The van der Waals surface area contributed by atoms with E-state index in [0.717, 1.165) is 12.2 Å². The van der Waals surface area contributed by atoms with E-state index >= 15 is 0 Å². The third kappa shape index (κ3) is 1.48. The number of aromatic nitrogens is 2. The topological polar surface area (TPSA) is 37.8 Å². The summed E-state index contributed by atoms with van der Waals surface area (Å²) >= 11 is 1.20. The van der Waals surface area contributed by atoms with Crippen LogP contribution in [0.4, 0.5) is 0 Å². The summed E-state index contributed by atoms with van der Waals surface area (Å²) in [5.41, 5.74) is 0.959. The lowest BCUT2D eigenvalue weighted by Gasteiger charge is -1.97. The van der Waals surface area contributed by atoms with Crippen LogP contribution >= 0.6 is 11.3 Å². The Morgan fingerprint density at radius 1 is 1.42 bits per heavy atom. The maximum atomic E-state index is 10.8. The molecule has 0 saturated heterocycles. The summed E-state index contributed by atoms with van der Waals surface area (Å²) in [5.74, 6) is 0. The van der Waals surface area contributed by atoms with Gasteiger partial charge >= 0.3 is 4.87 Å². The molecule has 0 aliphatic heterocycles. The van der Waals surface area contributed by atoms with Crippen molar-refractivity contribution in [3.8, 4) is 0 Å². The Bertz CT molecular complexity index is 399. The summed E-state index contributed by atoms with van der Waals surface area (Å²) in [6.07, 6.45) is 3.94. The third-order valence-corrected chi connectivity index (χ3v) is 2.31. The first-order valence-electron chi connectivity index (χ1n) is 3.62. The lowest BCUT2D eigenvalue weighted by atomic mass is 10.5. The van der Waals surface area contributed by atoms with E-state index < -0.39 is 0 Å². The van der Waals surface area contributed by atoms with E-state index in [1.54, 1.807) is 0 Å². The van der Waals surface area contributed by atoms with Crippen molar-refractivity contribution in [2.75, 3.05) is 0 Å². The van der Waals surface area contributed by atoms with Gasteiger partial charge in [0.05, 0.1) is 6.54 Å². The van der Waals surface area contributed by atoms with Crippen molar-refractivity contribution in [1.82, 2.24) is 9.55 Å². The fourth-order valence-electron chi connectivity index (χ4n) is 1.06. The van der Waals surface area contributed by atoms with Gasteiger partial charge in [0.15, 0.2) is 0 Å². The molecule has 1 N–H and O–H groups in total. The molecule has 4 heteroatoms. The molecule has 0 aromatic carbocycles. The van der Waals surface area contributed by atoms with Crippen LogP contribution in [-0.4, -0.2) is 9.55 Å². The Balaban J connectivity index is 2.19. The van der Waals surface area contributed by atoms with Gasteiger partial charge in [-0.15, -0.1) is 0 Å². The van der Waals surface area contributed by atoms with Crippen molar-refractivity contribution in [1.29, 1.82) is 0 Å². The van der Waals surface area contributed by atoms with Crippen LogP contribution < -0.4 is 4.87 Å². The highest BCUT2D eigenvalue weighted by atomic mass is 32.1. The first kappa shape index (κ1) is 7.36. The molecule has 0 aliphatic carbocycles. The first-order chi connectivity index (χ1) is 5.84. The van der Waals surface area contributed by atoms with Gasteiger partial charge in [0.2, 0.25) is 0 Å². The molecule has 2 aromatic heterocycles. The normalized spacial score (nSPS) is 10.3. The van der Waals surface area contributed by atoms with Gasteiger partial charge in [-0.05, 0) is 12.1 Å². The lowest BCUT2D eigenvalue weighted by Crippen LogP contribution is -2.00. The van der Waals surface area contributed by atoms with Crippen molar-refractivity contribution in [2.24, 2.45) is 0 Å². The Morgan fingerprint density at radius 3 is 2.75 bits per heavy atom. The summed E-state index contributed by atoms with van der Waals surface area (Å²) in [7, 11) is 0. The molecule has 0 aliphatic rings. The minimum absolute atomic E-state index is 0.0113. The maximum absolute atomic E-state index is 10.8. The number of rotatable bonds is 2. The second-order valence-corrected chi connectivity index (χ2v) is 3.37. The molecule has 0 unspecified atom stereocenters. The molecule has 2 heterocycles. The summed E-state index contributed by atoms with van der Waals surface area (Å²) < 4.78 is 2.01. The van der Waals surface area contributed by atoms with E-state index in [0.29, 0.717) is 0 Å². The van der Waals surface area contributed by atoms with Crippen molar-refractivity contribution in [3.63, 3.8) is 0 Å². The molecule has 12 heavy (non-hydrogen) atoms. The molecular formula is C8H8N2OS. The number of hydrogen-bond donors (Lipinski definition) is 1. The second kappa shape index (κ2) is 2.98. The Kier molecular flexibility index (Phi) is 1.83. The molecule has 2 aromatic rings. The quantitative estimate of drug-likeness (QED) is 0.743. The van der Waals surface area contributed by atoms with Crippen LogP contribution in [0.3, 0.4) is 0 Å². The standard InChI is InChI=1S/C8H8N2OS/c11-8-9-7(6-12-8)5-10-3-1-2-4-10/h1-4,6H,5H2,(H,9,11). The molecule has 0 atom stereocenters. The van der Waals surface area contributed by atoms with E-state index in [4.69, 9.17) is 0 Å². The van der Waals surface area contributed by atoms with Crippen molar-refractivity contribution >= 4 is 11.3 Å². The van der Waals surface area contributed by atoms with Crippen LogP contribution in [0.15, 0.2) is 34.7 Å². The zero-order chi connectivity index (χ0) is 8.39. The van der Waals surface area contributed by atoms with Gasteiger partial charge in [-0.1, -0.05) is 11.3 Å². The van der Waals surface area contributed by atoms with Crippen LogP contribution in [0.2, 0.25) is 0 Å². The zero-order valence-corrected chi connectivity index (χ0v) is 7.17. The Hall–Kier alpha value is -1.29. The second-order valence-electron chi connectivity index (χ2n) is 2.53. The molecule has 0 radical (unpaired) electrons. The molecule has 0 amide bonds. The smallest absolute Gasteiger partial charge is 0.304 e. The summed E-state index contributed by atoms with van der Waals surface area (Å²) in [4.78, 5) is 13.5. The highest BCUT2D eigenvalue weighted by Gasteiger charge is 1.95. The predicted molar refractivity (Wildman–Crippen MR) is 48.5 cm³/mol. The van der Waals surface area contributed by atoms with E-state index in [2.05, 4.69) is 4.98 Å². The summed E-state index contributed by atoms with van der Waals surface area (Å²) in [6, 6.07) is 3.93. The van der Waals surface area contributed by atoms with Crippen LogP contribution in [0.5, 0.6) is 0 Å². The van der Waals surface area contributed by atoms with Crippen molar-refractivity contribution in [3.05, 3.63) is 45.3 Å². The number of nitrogens with one attached hydrogen (secondary N) is 1. The number of H-pyrrole nitrogens is 1. The van der Waals surface area contributed by atoms with E-state index in [1.807, 2.05) is 34.5 Å². The van der Waals surface area contributed by atoms with Gasteiger partial charge in [-0.3, -0.25) is 4.79 Å². The molecule has 3 nitrogen and oxygen atoms in total. The van der Waals surface area contributed by atoms with Gasteiger partial charge in [0.25, 0.3) is 0 Å². The fourth-order valence-corrected chi connectivity index (χ4v) is 1.64. The van der Waals surface area contributed by atoms with Gasteiger partial charge < -0.3 is 9.55 Å². The molecule has 0 fully saturated rings. The van der Waals surface area contributed by atoms with E-state index in [-0.39, 0.29) is 4.87 Å². The Labute approximate surface area is 73.3 Å². The van der Waals surface area contributed by atoms with E-state index in [1.165, 1.54) is 11.3 Å². The lowest BCUT2D eigenvalue weighted by molar-refractivity contribution is 0.784. The fraction of sp³-hybridized carbons (Fsp3) is 0.125. The first-order valence-corrected chi connectivity index (χ1v) is 4.50. The van der Waals surface area contributed by atoms with Gasteiger partial charge in [-0.2, -0.15) is 0 Å². The number of aromatic amines is 1. The SMILES string of the molecule is O=c1[nH]c(Cn2cccc2)cs1. The maximum Gasteiger partial charge on any atom is 0.304 e. The molecule has 2 rings (SSSR count). The van der Waals surface area contributed by atoms with E-state index in [9.17, 15) is 4.79 Å². The molecule has 0 saturated carbocycles. The van der Waals surface area contributed by atoms with Crippen molar-refractivity contribution in [2.45, 2.75) is 6.54 Å². The average Bonchev–Trinajstić information content (AvgIpc) is 2.63. The highest BCUT2D eigenvalue weighted by molar-refractivity contribution is 7.07. The number of thiazole rings is 1. The van der Waals surface area contributed by atoms with Gasteiger partial charge in [0.1, 0.15) is 0 Å².